The molecule has 0 N–H and O–H groups in total. The SMILES string of the molecule is CCC1=[C]([Hf][C]2(C)C(C)=C(C)C(C)=C2C)Cc2ccc3ccccc3c21. The van der Waals surface area contributed by atoms with E-state index in [2.05, 4.69) is 77.9 Å². The summed E-state index contributed by atoms with van der Waals surface area (Å²) in [6.45, 7) is 14.3. The Labute approximate surface area is 169 Å². The second-order valence-electron chi connectivity index (χ2n) is 8.06. The van der Waals surface area contributed by atoms with Crippen molar-refractivity contribution in [1.82, 2.24) is 0 Å². The Morgan fingerprint density at radius 1 is 0.923 bits per heavy atom. The zero-order valence-corrected chi connectivity index (χ0v) is 20.5. The normalized spacial score (nSPS) is 19.0. The number of hydrogen-bond donors (Lipinski definition) is 0. The maximum absolute atomic E-state index is 2.54. The van der Waals surface area contributed by atoms with E-state index in [-0.39, 0.29) is 0 Å². The van der Waals surface area contributed by atoms with Crippen molar-refractivity contribution in [2.45, 2.75) is 57.6 Å². The van der Waals surface area contributed by atoms with Crippen molar-refractivity contribution in [2.75, 3.05) is 0 Å². The molecule has 4 rings (SSSR count). The molecule has 0 unspecified atom stereocenters. The predicted molar refractivity (Wildman–Crippen MR) is 110 cm³/mol. The van der Waals surface area contributed by atoms with Gasteiger partial charge in [0.2, 0.25) is 0 Å². The Bertz CT molecular complexity index is 990. The van der Waals surface area contributed by atoms with Gasteiger partial charge in [-0.05, 0) is 0 Å². The fraction of sp³-hybridized carbons (Fsp3) is 0.360. The average molecular weight is 507 g/mol. The molecule has 2 aliphatic carbocycles. The van der Waals surface area contributed by atoms with Crippen LogP contribution in [0.4, 0.5) is 0 Å². The van der Waals surface area contributed by atoms with Crippen molar-refractivity contribution in [2.24, 2.45) is 0 Å². The Balaban J connectivity index is 1.84. The van der Waals surface area contributed by atoms with Gasteiger partial charge in [0, 0.05) is 0 Å². The van der Waals surface area contributed by atoms with E-state index >= 15 is 0 Å². The first-order chi connectivity index (χ1) is 12.4. The van der Waals surface area contributed by atoms with Crippen LogP contribution in [0.15, 0.2) is 62.0 Å². The van der Waals surface area contributed by atoms with Crippen LogP contribution in [-0.4, -0.2) is 0 Å². The Hall–Kier alpha value is -1.21. The van der Waals surface area contributed by atoms with Gasteiger partial charge >= 0.3 is 170 Å². The van der Waals surface area contributed by atoms with Crippen molar-refractivity contribution in [1.29, 1.82) is 0 Å². The molecule has 0 nitrogen and oxygen atoms in total. The number of fused-ring (bicyclic) bond motifs is 3. The third kappa shape index (κ3) is 2.50. The molecule has 132 valence electrons. The van der Waals surface area contributed by atoms with E-state index in [1.54, 1.807) is 39.0 Å². The van der Waals surface area contributed by atoms with Gasteiger partial charge in [-0.15, -0.1) is 0 Å². The summed E-state index contributed by atoms with van der Waals surface area (Å²) in [5.74, 6) is 0. The summed E-state index contributed by atoms with van der Waals surface area (Å²) in [6, 6.07) is 13.6. The Kier molecular flexibility index (Phi) is 4.50. The van der Waals surface area contributed by atoms with E-state index in [4.69, 9.17) is 0 Å². The summed E-state index contributed by atoms with van der Waals surface area (Å²) in [6.07, 6.45) is 2.38. The summed E-state index contributed by atoms with van der Waals surface area (Å²) < 4.78 is 2.23. The summed E-state index contributed by atoms with van der Waals surface area (Å²) in [7, 11) is 0. The van der Waals surface area contributed by atoms with Gasteiger partial charge < -0.3 is 0 Å². The number of hydrogen-bond acceptors (Lipinski definition) is 0. The van der Waals surface area contributed by atoms with Crippen LogP contribution in [0.1, 0.15) is 59.1 Å². The van der Waals surface area contributed by atoms with Crippen LogP contribution in [0.3, 0.4) is 0 Å². The molecule has 26 heavy (non-hydrogen) atoms. The number of allylic oxidation sites excluding steroid dienone is 6. The second kappa shape index (κ2) is 6.44. The van der Waals surface area contributed by atoms with Crippen molar-refractivity contribution in [3.63, 3.8) is 0 Å². The van der Waals surface area contributed by atoms with Gasteiger partial charge in [0.15, 0.2) is 0 Å². The quantitative estimate of drug-likeness (QED) is 0.379. The molecule has 2 aliphatic rings. The van der Waals surface area contributed by atoms with Gasteiger partial charge in [-0.2, -0.15) is 0 Å². The molecule has 0 radical (unpaired) electrons. The van der Waals surface area contributed by atoms with Crippen LogP contribution < -0.4 is 0 Å². The standard InChI is InChI=1S/C15H13.C10H15.Hf/c1-2-11-7-9-13-10-8-12-5-3-4-6-14(12)15(11)13;1-6-7(2)9(4)10(5)8(6)3;/h3-6,8,10H,2,9H2,1H3;1-5H3;. The van der Waals surface area contributed by atoms with Gasteiger partial charge in [-0.1, -0.05) is 0 Å². The molecule has 0 heterocycles. The fourth-order valence-electron chi connectivity index (χ4n) is 4.86. The van der Waals surface area contributed by atoms with Crippen molar-refractivity contribution < 1.29 is 22.9 Å². The summed E-state index contributed by atoms with van der Waals surface area (Å²) in [4.78, 5) is 0. The van der Waals surface area contributed by atoms with Crippen LogP contribution in [-0.2, 0) is 29.3 Å². The first kappa shape index (κ1) is 18.2. The molecule has 0 spiro atoms. The molecule has 0 bridgehead atoms. The summed E-state index contributed by atoms with van der Waals surface area (Å²) >= 11 is -1.05. The minimum absolute atomic E-state index is 0.377. The first-order valence-corrected chi connectivity index (χ1v) is 13.3. The van der Waals surface area contributed by atoms with E-state index in [9.17, 15) is 0 Å². The molecule has 2 aromatic rings. The van der Waals surface area contributed by atoms with E-state index < -0.39 is 22.9 Å². The van der Waals surface area contributed by atoms with Gasteiger partial charge in [-0.25, -0.2) is 0 Å². The molecular weight excluding hydrogens is 479 g/mol. The molecule has 0 saturated heterocycles. The molecule has 0 fully saturated rings. The van der Waals surface area contributed by atoms with Gasteiger partial charge in [0.25, 0.3) is 0 Å². The maximum atomic E-state index is 2.54. The molecule has 0 aromatic heterocycles. The average Bonchev–Trinajstić information content (AvgIpc) is 3.07. The molecule has 0 amide bonds. The van der Waals surface area contributed by atoms with Gasteiger partial charge in [-0.3, -0.25) is 0 Å². The molecule has 0 atom stereocenters. The van der Waals surface area contributed by atoms with Gasteiger partial charge in [0.1, 0.15) is 0 Å². The third-order valence-corrected chi connectivity index (χ3v) is 14.3. The van der Waals surface area contributed by atoms with Crippen LogP contribution in [0.2, 0.25) is 3.17 Å². The topological polar surface area (TPSA) is 0 Å². The third-order valence-electron chi connectivity index (χ3n) is 6.99. The Morgan fingerprint density at radius 3 is 2.23 bits per heavy atom. The van der Waals surface area contributed by atoms with Crippen molar-refractivity contribution >= 4 is 16.3 Å². The molecule has 2 aromatic carbocycles. The van der Waals surface area contributed by atoms with E-state index in [1.807, 2.05) is 3.33 Å². The molecule has 0 aliphatic heterocycles. The van der Waals surface area contributed by atoms with E-state index in [0.717, 1.165) is 0 Å². The number of rotatable bonds is 3. The van der Waals surface area contributed by atoms with Crippen LogP contribution in [0.25, 0.3) is 16.3 Å². The van der Waals surface area contributed by atoms with Gasteiger partial charge in [0.05, 0.1) is 0 Å². The fourth-order valence-corrected chi connectivity index (χ4v) is 12.4. The van der Waals surface area contributed by atoms with E-state index in [1.165, 1.54) is 23.6 Å². The zero-order chi connectivity index (χ0) is 18.6. The summed E-state index contributed by atoms with van der Waals surface area (Å²) in [5.41, 5.74) is 11.2. The minimum atomic E-state index is -1.05. The monoisotopic (exact) mass is 508 g/mol. The summed E-state index contributed by atoms with van der Waals surface area (Å²) in [5, 5.41) is 2.85. The van der Waals surface area contributed by atoms with Crippen LogP contribution >= 0.6 is 0 Å². The van der Waals surface area contributed by atoms with E-state index in [0.29, 0.717) is 3.17 Å². The van der Waals surface area contributed by atoms with Crippen LogP contribution in [0.5, 0.6) is 0 Å². The Morgan fingerprint density at radius 2 is 1.58 bits per heavy atom. The van der Waals surface area contributed by atoms with Crippen molar-refractivity contribution in [3.05, 3.63) is 73.1 Å². The zero-order valence-electron chi connectivity index (χ0n) is 16.9. The van der Waals surface area contributed by atoms with Crippen LogP contribution in [0, 0.1) is 0 Å². The van der Waals surface area contributed by atoms with Crippen molar-refractivity contribution in [3.8, 4) is 0 Å². The first-order valence-electron chi connectivity index (χ1n) is 9.76. The molecular formula is C25H28Hf. The molecule has 1 heteroatoms. The molecule has 0 saturated carbocycles. The second-order valence-corrected chi connectivity index (χ2v) is 14.7. The number of benzene rings is 2. The predicted octanol–water partition coefficient (Wildman–Crippen LogP) is 7.46.